The van der Waals surface area contributed by atoms with Crippen LogP contribution in [0.4, 0.5) is 5.69 Å². The second-order valence-electron chi connectivity index (χ2n) is 7.05. The van der Waals surface area contributed by atoms with Gasteiger partial charge >= 0.3 is 0 Å². The number of aromatic nitrogens is 2. The smallest absolute Gasteiger partial charge is 0.228 e. The Balaban J connectivity index is 1.62. The average molecular weight is 401 g/mol. The van der Waals surface area contributed by atoms with Crippen LogP contribution in [0.1, 0.15) is 11.1 Å². The van der Waals surface area contributed by atoms with E-state index in [1.807, 2.05) is 67.6 Å². The Morgan fingerprint density at radius 2 is 1.73 bits per heavy atom. The summed E-state index contributed by atoms with van der Waals surface area (Å²) >= 11 is 0. The maximum absolute atomic E-state index is 12.5. The van der Waals surface area contributed by atoms with E-state index in [4.69, 9.17) is 9.47 Å². The summed E-state index contributed by atoms with van der Waals surface area (Å²) < 4.78 is 10.7. The molecule has 6 heteroatoms. The number of methoxy groups -OCH3 is 2. The van der Waals surface area contributed by atoms with Crippen molar-refractivity contribution >= 4 is 22.6 Å². The van der Waals surface area contributed by atoms with E-state index in [0.717, 1.165) is 33.4 Å². The number of nitrogens with zero attached hydrogens (tertiary/aromatic N) is 1. The fraction of sp³-hybridized carbons (Fsp3) is 0.167. The normalized spacial score (nSPS) is 10.8. The molecular formula is C24H23N3O3. The first kappa shape index (κ1) is 19.5. The Kier molecular flexibility index (Phi) is 5.39. The van der Waals surface area contributed by atoms with Crippen molar-refractivity contribution in [3.05, 3.63) is 71.8 Å². The van der Waals surface area contributed by atoms with Gasteiger partial charge in [0.05, 0.1) is 31.7 Å². The maximum atomic E-state index is 12.5. The van der Waals surface area contributed by atoms with Gasteiger partial charge in [0.15, 0.2) is 11.5 Å². The quantitative estimate of drug-likeness (QED) is 0.489. The average Bonchev–Trinajstić information content (AvgIpc) is 3.17. The van der Waals surface area contributed by atoms with Gasteiger partial charge in [-0.2, -0.15) is 0 Å². The molecule has 6 nitrogen and oxygen atoms in total. The topological polar surface area (TPSA) is 76.2 Å². The lowest BCUT2D eigenvalue weighted by Crippen LogP contribution is -2.15. The van der Waals surface area contributed by atoms with Crippen LogP contribution in [0.15, 0.2) is 60.7 Å². The second kappa shape index (κ2) is 8.29. The number of H-pyrrole nitrogens is 1. The molecule has 0 aliphatic heterocycles. The summed E-state index contributed by atoms with van der Waals surface area (Å²) in [7, 11) is 3.20. The van der Waals surface area contributed by atoms with Gasteiger partial charge in [-0.25, -0.2) is 4.98 Å². The van der Waals surface area contributed by atoms with Crippen molar-refractivity contribution in [2.24, 2.45) is 0 Å². The van der Waals surface area contributed by atoms with Crippen LogP contribution < -0.4 is 14.8 Å². The molecule has 30 heavy (non-hydrogen) atoms. The molecule has 0 bridgehead atoms. The van der Waals surface area contributed by atoms with E-state index >= 15 is 0 Å². The zero-order valence-electron chi connectivity index (χ0n) is 17.2. The molecule has 1 heterocycles. The first-order valence-electron chi connectivity index (χ1n) is 9.64. The van der Waals surface area contributed by atoms with Crippen molar-refractivity contribution in [1.82, 2.24) is 9.97 Å². The van der Waals surface area contributed by atoms with Gasteiger partial charge in [-0.15, -0.1) is 0 Å². The van der Waals surface area contributed by atoms with Crippen LogP contribution in [0.2, 0.25) is 0 Å². The third-order valence-electron chi connectivity index (χ3n) is 4.98. The van der Waals surface area contributed by atoms with E-state index in [1.165, 1.54) is 0 Å². The SMILES string of the molecule is COc1cc2nc(-c3ccc(C)c(NC(=O)Cc4ccccc4)c3)[nH]c2cc1OC. The highest BCUT2D eigenvalue weighted by Crippen LogP contribution is 2.33. The fourth-order valence-electron chi connectivity index (χ4n) is 3.35. The zero-order chi connectivity index (χ0) is 21.1. The van der Waals surface area contributed by atoms with E-state index in [1.54, 1.807) is 14.2 Å². The predicted molar refractivity (Wildman–Crippen MR) is 118 cm³/mol. The number of carbonyl (C=O) groups is 1. The van der Waals surface area contributed by atoms with Crippen LogP contribution >= 0.6 is 0 Å². The van der Waals surface area contributed by atoms with Crippen LogP contribution in [0.25, 0.3) is 22.4 Å². The minimum atomic E-state index is -0.0551. The number of amides is 1. The summed E-state index contributed by atoms with van der Waals surface area (Å²) in [6.45, 7) is 1.97. The van der Waals surface area contributed by atoms with Crippen molar-refractivity contribution in [2.75, 3.05) is 19.5 Å². The van der Waals surface area contributed by atoms with Gasteiger partial charge in [0, 0.05) is 23.4 Å². The van der Waals surface area contributed by atoms with Crippen LogP contribution in [0.5, 0.6) is 11.5 Å². The molecule has 4 rings (SSSR count). The minimum Gasteiger partial charge on any atom is -0.493 e. The van der Waals surface area contributed by atoms with E-state index < -0.39 is 0 Å². The molecule has 0 unspecified atom stereocenters. The highest BCUT2D eigenvalue weighted by Gasteiger charge is 2.13. The molecule has 3 aromatic carbocycles. The Morgan fingerprint density at radius 3 is 2.47 bits per heavy atom. The van der Waals surface area contributed by atoms with Gasteiger partial charge in [-0.1, -0.05) is 42.5 Å². The van der Waals surface area contributed by atoms with Crippen molar-refractivity contribution in [1.29, 1.82) is 0 Å². The number of ether oxygens (including phenoxy) is 2. The zero-order valence-corrected chi connectivity index (χ0v) is 17.2. The van der Waals surface area contributed by atoms with Crippen LogP contribution in [-0.2, 0) is 11.2 Å². The number of rotatable bonds is 6. The Morgan fingerprint density at radius 1 is 1.00 bits per heavy atom. The number of anilines is 1. The molecule has 1 amide bonds. The number of carbonyl (C=O) groups excluding carboxylic acids is 1. The number of nitrogens with one attached hydrogen (secondary N) is 2. The van der Waals surface area contributed by atoms with E-state index in [2.05, 4.69) is 15.3 Å². The molecule has 1 aromatic heterocycles. The lowest BCUT2D eigenvalue weighted by molar-refractivity contribution is -0.115. The largest absolute Gasteiger partial charge is 0.493 e. The van der Waals surface area contributed by atoms with Crippen LogP contribution in [-0.4, -0.2) is 30.1 Å². The van der Waals surface area contributed by atoms with Gasteiger partial charge in [-0.3, -0.25) is 4.79 Å². The highest BCUT2D eigenvalue weighted by molar-refractivity contribution is 5.94. The summed E-state index contributed by atoms with van der Waals surface area (Å²) in [6.07, 6.45) is 0.328. The summed E-state index contributed by atoms with van der Waals surface area (Å²) in [5.74, 6) is 1.91. The van der Waals surface area contributed by atoms with E-state index in [9.17, 15) is 4.79 Å². The summed E-state index contributed by atoms with van der Waals surface area (Å²) in [5, 5.41) is 3.02. The van der Waals surface area contributed by atoms with Crippen molar-refractivity contribution in [3.8, 4) is 22.9 Å². The number of aromatic amines is 1. The molecule has 0 saturated heterocycles. The third-order valence-corrected chi connectivity index (χ3v) is 4.98. The molecular weight excluding hydrogens is 378 g/mol. The number of fused-ring (bicyclic) bond motifs is 1. The molecule has 152 valence electrons. The molecule has 0 fully saturated rings. The minimum absolute atomic E-state index is 0.0551. The summed E-state index contributed by atoms with van der Waals surface area (Å²) in [6, 6.07) is 19.3. The number of benzene rings is 3. The Hall–Kier alpha value is -3.80. The Labute approximate surface area is 174 Å². The van der Waals surface area contributed by atoms with Crippen molar-refractivity contribution in [2.45, 2.75) is 13.3 Å². The summed E-state index contributed by atoms with van der Waals surface area (Å²) in [5.41, 5.74) is 5.23. The first-order valence-corrected chi connectivity index (χ1v) is 9.64. The van der Waals surface area contributed by atoms with Crippen molar-refractivity contribution in [3.63, 3.8) is 0 Å². The third kappa shape index (κ3) is 3.98. The molecule has 0 saturated carbocycles. The van der Waals surface area contributed by atoms with Crippen molar-refractivity contribution < 1.29 is 14.3 Å². The van der Waals surface area contributed by atoms with Crippen LogP contribution in [0, 0.1) is 6.92 Å². The molecule has 0 atom stereocenters. The standard InChI is InChI=1S/C24H23N3O3/c1-15-9-10-17(12-18(15)25-23(28)11-16-7-5-4-6-8-16)24-26-19-13-21(29-2)22(30-3)14-20(19)27-24/h4-10,12-14H,11H2,1-3H3,(H,25,28)(H,26,27). The molecule has 0 spiro atoms. The van der Waals surface area contributed by atoms with Gasteiger partial charge in [0.25, 0.3) is 0 Å². The molecule has 2 N–H and O–H groups in total. The van der Waals surface area contributed by atoms with Gasteiger partial charge in [-0.05, 0) is 24.1 Å². The summed E-state index contributed by atoms with van der Waals surface area (Å²) in [4.78, 5) is 20.5. The maximum Gasteiger partial charge on any atom is 0.228 e. The lowest BCUT2D eigenvalue weighted by Gasteiger charge is -2.10. The molecule has 4 aromatic rings. The second-order valence-corrected chi connectivity index (χ2v) is 7.05. The molecule has 0 aliphatic rings. The number of aryl methyl sites for hydroxylation is 1. The highest BCUT2D eigenvalue weighted by atomic mass is 16.5. The first-order chi connectivity index (χ1) is 14.6. The van der Waals surface area contributed by atoms with Crippen LogP contribution in [0.3, 0.4) is 0 Å². The Bertz CT molecular complexity index is 1160. The van der Waals surface area contributed by atoms with Gasteiger partial charge in [0.1, 0.15) is 5.82 Å². The molecule has 0 aliphatic carbocycles. The number of hydrogen-bond donors (Lipinski definition) is 2. The van der Waals surface area contributed by atoms with Gasteiger partial charge < -0.3 is 19.8 Å². The predicted octanol–water partition coefficient (Wildman–Crippen LogP) is 4.74. The van der Waals surface area contributed by atoms with Gasteiger partial charge in [0.2, 0.25) is 5.91 Å². The number of hydrogen-bond acceptors (Lipinski definition) is 4. The van der Waals surface area contributed by atoms with E-state index in [0.29, 0.717) is 23.7 Å². The lowest BCUT2D eigenvalue weighted by atomic mass is 10.1. The van der Waals surface area contributed by atoms with E-state index in [-0.39, 0.29) is 5.91 Å². The fourth-order valence-corrected chi connectivity index (χ4v) is 3.35. The molecule has 0 radical (unpaired) electrons. The number of imidazole rings is 1. The monoisotopic (exact) mass is 401 g/mol.